The Morgan fingerprint density at radius 3 is 2.38 bits per heavy atom. The number of hydrogen-bond donors (Lipinski definition) is 4. The van der Waals surface area contributed by atoms with E-state index >= 15 is 0 Å². The number of nitrogens with one attached hydrogen (secondary N) is 3. The summed E-state index contributed by atoms with van der Waals surface area (Å²) in [6, 6.07) is 7.35. The minimum absolute atomic E-state index is 0.00232. The van der Waals surface area contributed by atoms with Gasteiger partial charge in [0.05, 0.1) is 11.6 Å². The van der Waals surface area contributed by atoms with Crippen molar-refractivity contribution < 1.29 is 9.59 Å². The van der Waals surface area contributed by atoms with Crippen molar-refractivity contribution in [2.75, 3.05) is 24.6 Å². The summed E-state index contributed by atoms with van der Waals surface area (Å²) in [5.41, 5.74) is 7.14. The molecule has 1 atom stereocenters. The first-order valence-corrected chi connectivity index (χ1v) is 12.9. The van der Waals surface area contributed by atoms with Crippen LogP contribution in [0.3, 0.4) is 0 Å². The minimum Gasteiger partial charge on any atom is -0.369 e. The van der Waals surface area contributed by atoms with Gasteiger partial charge in [0.1, 0.15) is 0 Å². The van der Waals surface area contributed by atoms with Crippen molar-refractivity contribution in [1.82, 2.24) is 16.0 Å². The molecule has 0 spiro atoms. The van der Waals surface area contributed by atoms with Gasteiger partial charge in [-0.05, 0) is 47.6 Å². The zero-order valence-electron chi connectivity index (χ0n) is 21.1. The van der Waals surface area contributed by atoms with E-state index < -0.39 is 0 Å². The summed E-state index contributed by atoms with van der Waals surface area (Å²) in [7, 11) is 0. The molecule has 9 heteroatoms. The number of rotatable bonds is 13. The highest BCUT2D eigenvalue weighted by atomic mass is 32.2. The van der Waals surface area contributed by atoms with E-state index in [4.69, 9.17) is 11.0 Å². The summed E-state index contributed by atoms with van der Waals surface area (Å²) >= 11 is 1.78. The molecule has 0 fully saturated rings. The molecule has 0 radical (unpaired) electrons. The topological polar surface area (TPSA) is 132 Å². The second-order valence-corrected chi connectivity index (χ2v) is 11.1. The molecule has 0 saturated heterocycles. The Morgan fingerprint density at radius 1 is 1.12 bits per heavy atom. The molecule has 0 aromatic heterocycles. The maximum atomic E-state index is 12.9. The van der Waals surface area contributed by atoms with Gasteiger partial charge in [-0.25, -0.2) is 4.99 Å². The van der Waals surface area contributed by atoms with Crippen molar-refractivity contribution in [3.05, 3.63) is 29.8 Å². The molecular formula is C25H40N6O2S. The van der Waals surface area contributed by atoms with Gasteiger partial charge in [0.25, 0.3) is 0 Å². The van der Waals surface area contributed by atoms with E-state index in [1.165, 1.54) is 0 Å². The molecule has 0 aliphatic carbocycles. The Labute approximate surface area is 208 Å². The molecule has 1 rings (SSSR count). The predicted molar refractivity (Wildman–Crippen MR) is 141 cm³/mol. The lowest BCUT2D eigenvalue weighted by atomic mass is 9.89. The number of guanidine groups is 1. The number of thioether (sulfide) groups is 1. The third-order valence-electron chi connectivity index (χ3n) is 4.78. The predicted octanol–water partition coefficient (Wildman–Crippen LogP) is 3.63. The fraction of sp³-hybridized carbons (Fsp3) is 0.600. The van der Waals surface area contributed by atoms with Crippen LogP contribution >= 0.6 is 11.8 Å². The molecular weight excluding hydrogens is 448 g/mol. The fourth-order valence-corrected chi connectivity index (χ4v) is 4.09. The van der Waals surface area contributed by atoms with Gasteiger partial charge in [-0.15, -0.1) is 0 Å². The van der Waals surface area contributed by atoms with Crippen molar-refractivity contribution in [3.63, 3.8) is 0 Å². The summed E-state index contributed by atoms with van der Waals surface area (Å²) in [6.45, 7) is 11.7. The molecule has 1 aromatic rings. The van der Waals surface area contributed by atoms with Crippen LogP contribution in [-0.2, 0) is 9.59 Å². The van der Waals surface area contributed by atoms with Crippen molar-refractivity contribution in [3.8, 4) is 6.19 Å². The van der Waals surface area contributed by atoms with Crippen LogP contribution in [-0.4, -0.2) is 42.4 Å². The molecule has 1 unspecified atom stereocenters. The Kier molecular flexibility index (Phi) is 13.1. The number of benzene rings is 1. The molecule has 0 aliphatic heterocycles. The van der Waals surface area contributed by atoms with E-state index in [1.807, 2.05) is 12.1 Å². The largest absolute Gasteiger partial charge is 0.369 e. The first-order chi connectivity index (χ1) is 16.0. The van der Waals surface area contributed by atoms with E-state index in [-0.39, 0.29) is 29.1 Å². The Balaban J connectivity index is 2.44. The molecule has 0 saturated carbocycles. The molecule has 188 valence electrons. The van der Waals surface area contributed by atoms with E-state index in [0.29, 0.717) is 31.1 Å². The number of hydrogen-bond acceptors (Lipinski definition) is 5. The van der Waals surface area contributed by atoms with Gasteiger partial charge in [-0.3, -0.25) is 14.9 Å². The summed E-state index contributed by atoms with van der Waals surface area (Å²) < 4.78 is 0. The van der Waals surface area contributed by atoms with E-state index in [0.717, 1.165) is 29.9 Å². The van der Waals surface area contributed by atoms with Crippen molar-refractivity contribution in [2.45, 2.75) is 59.8 Å². The van der Waals surface area contributed by atoms with Gasteiger partial charge >= 0.3 is 0 Å². The third kappa shape index (κ3) is 13.1. The number of carbonyl (C=O) groups excluding carboxylic acids is 2. The van der Waals surface area contributed by atoms with Crippen LogP contribution in [0.4, 0.5) is 5.69 Å². The maximum Gasteiger partial charge on any atom is 0.227 e. The molecule has 0 heterocycles. The number of amides is 2. The van der Waals surface area contributed by atoms with Crippen LogP contribution < -0.4 is 21.7 Å². The van der Waals surface area contributed by atoms with Crippen LogP contribution in [0.15, 0.2) is 29.3 Å². The van der Waals surface area contributed by atoms with Crippen LogP contribution in [0.2, 0.25) is 0 Å². The maximum absolute atomic E-state index is 12.9. The fourth-order valence-electron chi connectivity index (χ4n) is 3.29. The molecule has 1 aromatic carbocycles. The lowest BCUT2D eigenvalue weighted by Gasteiger charge is -2.19. The normalized spacial score (nSPS) is 12.7. The summed E-state index contributed by atoms with van der Waals surface area (Å²) in [6.07, 6.45) is 3.88. The van der Waals surface area contributed by atoms with Crippen LogP contribution in [0, 0.1) is 22.8 Å². The number of aliphatic imine (C=N–C) groups is 1. The SMILES string of the molecule is CC(C)CC(C(=O)NCCCSCCNC(=O)CC(C)(C)C)c1ccc(N=C(N)NC#N)cc1. The van der Waals surface area contributed by atoms with Crippen LogP contribution in [0.5, 0.6) is 0 Å². The molecule has 34 heavy (non-hydrogen) atoms. The first-order valence-electron chi connectivity index (χ1n) is 11.7. The summed E-state index contributed by atoms with van der Waals surface area (Å²) in [4.78, 5) is 28.8. The second kappa shape index (κ2) is 15.2. The zero-order valence-corrected chi connectivity index (χ0v) is 21.9. The Hall–Kier alpha value is -2.73. The lowest BCUT2D eigenvalue weighted by Crippen LogP contribution is -2.31. The van der Waals surface area contributed by atoms with Crippen molar-refractivity contribution >= 4 is 35.2 Å². The zero-order chi connectivity index (χ0) is 25.6. The highest BCUT2D eigenvalue weighted by Crippen LogP contribution is 2.26. The van der Waals surface area contributed by atoms with Crippen molar-refractivity contribution in [2.24, 2.45) is 22.1 Å². The van der Waals surface area contributed by atoms with Gasteiger partial charge in [0.2, 0.25) is 17.8 Å². The van der Waals surface area contributed by atoms with Gasteiger partial charge in [0, 0.05) is 25.3 Å². The lowest BCUT2D eigenvalue weighted by molar-refractivity contribution is -0.123. The number of carbonyl (C=O) groups is 2. The van der Waals surface area contributed by atoms with E-state index in [9.17, 15) is 9.59 Å². The Morgan fingerprint density at radius 2 is 1.79 bits per heavy atom. The standard InChI is InChI=1S/C25H40N6O2S/c1-18(2)15-21(19-7-9-20(10-8-19)31-24(27)30-17-26)23(33)29-11-6-13-34-14-12-28-22(32)16-25(3,4)5/h7-10,18,21H,6,11-16H2,1-5H3,(H,28,32)(H,29,33)(H3,27,30,31). The molecule has 0 bridgehead atoms. The average molecular weight is 489 g/mol. The average Bonchev–Trinajstić information content (AvgIpc) is 2.73. The van der Waals surface area contributed by atoms with Crippen LogP contribution in [0.25, 0.3) is 0 Å². The Bertz CT molecular complexity index is 840. The molecule has 2 amide bonds. The first kappa shape index (κ1) is 29.3. The summed E-state index contributed by atoms with van der Waals surface area (Å²) in [5.74, 6) is 2.06. The molecule has 0 aliphatic rings. The number of nitrogens with zero attached hydrogens (tertiary/aromatic N) is 2. The number of nitrogens with two attached hydrogens (primary N) is 1. The molecule has 5 N–H and O–H groups in total. The van der Waals surface area contributed by atoms with E-state index in [2.05, 4.69) is 55.6 Å². The summed E-state index contributed by atoms with van der Waals surface area (Å²) in [5, 5.41) is 16.9. The number of nitriles is 1. The monoisotopic (exact) mass is 488 g/mol. The third-order valence-corrected chi connectivity index (χ3v) is 5.85. The minimum atomic E-state index is -0.238. The highest BCUT2D eigenvalue weighted by molar-refractivity contribution is 7.99. The quantitative estimate of drug-likeness (QED) is 0.110. The van der Waals surface area contributed by atoms with Gasteiger partial charge in [0.15, 0.2) is 6.19 Å². The van der Waals surface area contributed by atoms with Crippen molar-refractivity contribution in [1.29, 1.82) is 5.26 Å². The molecule has 8 nitrogen and oxygen atoms in total. The van der Waals surface area contributed by atoms with Gasteiger partial charge in [-0.1, -0.05) is 46.8 Å². The van der Waals surface area contributed by atoms with Gasteiger partial charge in [-0.2, -0.15) is 17.0 Å². The second-order valence-electron chi connectivity index (χ2n) is 9.85. The smallest absolute Gasteiger partial charge is 0.227 e. The van der Waals surface area contributed by atoms with Gasteiger partial charge < -0.3 is 16.4 Å². The van der Waals surface area contributed by atoms with E-state index in [1.54, 1.807) is 30.1 Å². The van der Waals surface area contributed by atoms with Crippen LogP contribution in [0.1, 0.15) is 65.4 Å². The highest BCUT2D eigenvalue weighted by Gasteiger charge is 2.21.